The molecule has 31 heavy (non-hydrogen) atoms. The highest BCUT2D eigenvalue weighted by molar-refractivity contribution is 5.82. The van der Waals surface area contributed by atoms with Gasteiger partial charge >= 0.3 is 0 Å². The lowest BCUT2D eigenvalue weighted by molar-refractivity contribution is -0.135. The SMILES string of the molecule is O=C(NCCOc1ccc2c(c1)OCO2)C1CCCN(C(=O)Cc2ccc(F)cc2)C1. The molecule has 0 aliphatic carbocycles. The van der Waals surface area contributed by atoms with E-state index in [4.69, 9.17) is 14.2 Å². The van der Waals surface area contributed by atoms with E-state index in [0.717, 1.165) is 18.4 Å². The molecular weight excluding hydrogens is 403 g/mol. The number of carbonyl (C=O) groups excluding carboxylic acids is 2. The summed E-state index contributed by atoms with van der Waals surface area (Å²) in [6.45, 7) is 1.93. The van der Waals surface area contributed by atoms with Crippen LogP contribution >= 0.6 is 0 Å². The molecule has 0 saturated carbocycles. The number of benzene rings is 2. The number of nitrogens with one attached hydrogen (secondary N) is 1. The number of nitrogens with zero attached hydrogens (tertiary/aromatic N) is 1. The standard InChI is InChI=1S/C23H25FN2O5/c24-18-5-3-16(4-6-18)12-22(27)26-10-1-2-17(14-26)23(28)25-9-11-29-19-7-8-20-21(13-19)31-15-30-20/h3-8,13,17H,1-2,9-12,14-15H2,(H,25,28). The average Bonchev–Trinajstić information content (AvgIpc) is 3.26. The summed E-state index contributed by atoms with van der Waals surface area (Å²) in [6.07, 6.45) is 1.73. The van der Waals surface area contributed by atoms with Gasteiger partial charge in [0.25, 0.3) is 0 Å². The Kier molecular flexibility index (Phi) is 6.54. The quantitative estimate of drug-likeness (QED) is 0.686. The first-order chi connectivity index (χ1) is 15.1. The third kappa shape index (κ3) is 5.45. The molecule has 2 aliphatic rings. The number of piperidine rings is 1. The summed E-state index contributed by atoms with van der Waals surface area (Å²) in [5, 5.41) is 2.89. The van der Waals surface area contributed by atoms with Gasteiger partial charge in [0.15, 0.2) is 11.5 Å². The summed E-state index contributed by atoms with van der Waals surface area (Å²) in [5.41, 5.74) is 0.763. The summed E-state index contributed by atoms with van der Waals surface area (Å²) in [6, 6.07) is 11.3. The first-order valence-corrected chi connectivity index (χ1v) is 10.4. The zero-order valence-corrected chi connectivity index (χ0v) is 17.1. The summed E-state index contributed by atoms with van der Waals surface area (Å²) in [5.74, 6) is 1.30. The van der Waals surface area contributed by atoms with Crippen molar-refractivity contribution in [3.63, 3.8) is 0 Å². The highest BCUT2D eigenvalue weighted by Crippen LogP contribution is 2.35. The molecule has 0 bridgehead atoms. The summed E-state index contributed by atoms with van der Waals surface area (Å²) < 4.78 is 29.3. The second-order valence-corrected chi connectivity index (χ2v) is 7.64. The molecule has 1 unspecified atom stereocenters. The van der Waals surface area contributed by atoms with Crippen LogP contribution in [-0.2, 0) is 16.0 Å². The van der Waals surface area contributed by atoms with Crippen LogP contribution in [-0.4, -0.2) is 49.7 Å². The highest BCUT2D eigenvalue weighted by Gasteiger charge is 2.28. The molecule has 0 spiro atoms. The van der Waals surface area contributed by atoms with Crippen LogP contribution in [0, 0.1) is 11.7 Å². The minimum absolute atomic E-state index is 0.0461. The molecule has 0 aromatic heterocycles. The zero-order chi connectivity index (χ0) is 21.6. The van der Waals surface area contributed by atoms with Crippen molar-refractivity contribution in [2.75, 3.05) is 33.0 Å². The van der Waals surface area contributed by atoms with E-state index in [1.807, 2.05) is 0 Å². The van der Waals surface area contributed by atoms with Gasteiger partial charge in [-0.05, 0) is 42.7 Å². The van der Waals surface area contributed by atoms with Crippen molar-refractivity contribution in [3.05, 3.63) is 53.8 Å². The Bertz CT molecular complexity index is 934. The van der Waals surface area contributed by atoms with Gasteiger partial charge in [0, 0.05) is 19.2 Å². The van der Waals surface area contributed by atoms with Crippen molar-refractivity contribution in [2.45, 2.75) is 19.3 Å². The molecule has 2 heterocycles. The molecule has 8 heteroatoms. The van der Waals surface area contributed by atoms with Gasteiger partial charge < -0.3 is 24.4 Å². The van der Waals surface area contributed by atoms with Crippen LogP contribution < -0.4 is 19.5 Å². The first kappa shape index (κ1) is 21.0. The number of fused-ring (bicyclic) bond motifs is 1. The zero-order valence-electron chi connectivity index (χ0n) is 17.1. The maximum absolute atomic E-state index is 13.0. The van der Waals surface area contributed by atoms with Crippen molar-refractivity contribution >= 4 is 11.8 Å². The summed E-state index contributed by atoms with van der Waals surface area (Å²) in [7, 11) is 0. The second-order valence-electron chi connectivity index (χ2n) is 7.64. The van der Waals surface area contributed by atoms with Crippen LogP contribution in [0.15, 0.2) is 42.5 Å². The molecule has 1 N–H and O–H groups in total. The van der Waals surface area contributed by atoms with Crippen molar-refractivity contribution < 1.29 is 28.2 Å². The summed E-state index contributed by atoms with van der Waals surface area (Å²) >= 11 is 0. The van der Waals surface area contributed by atoms with Crippen molar-refractivity contribution in [1.82, 2.24) is 10.2 Å². The van der Waals surface area contributed by atoms with Gasteiger partial charge in [0.2, 0.25) is 18.6 Å². The van der Waals surface area contributed by atoms with Crippen LogP contribution in [0.25, 0.3) is 0 Å². The second kappa shape index (κ2) is 9.68. The molecule has 2 aromatic rings. The van der Waals surface area contributed by atoms with E-state index < -0.39 is 0 Å². The Morgan fingerprint density at radius 3 is 2.77 bits per heavy atom. The average molecular weight is 428 g/mol. The van der Waals surface area contributed by atoms with E-state index in [1.165, 1.54) is 12.1 Å². The molecule has 1 atom stereocenters. The van der Waals surface area contributed by atoms with E-state index in [2.05, 4.69) is 5.32 Å². The van der Waals surface area contributed by atoms with Crippen molar-refractivity contribution in [1.29, 1.82) is 0 Å². The van der Waals surface area contributed by atoms with Gasteiger partial charge in [-0.3, -0.25) is 9.59 Å². The number of rotatable bonds is 7. The molecule has 4 rings (SSSR count). The fourth-order valence-electron chi connectivity index (χ4n) is 3.76. The molecule has 1 fully saturated rings. The Balaban J connectivity index is 1.20. The van der Waals surface area contributed by atoms with E-state index in [9.17, 15) is 14.0 Å². The number of carbonyl (C=O) groups is 2. The minimum Gasteiger partial charge on any atom is -0.492 e. The van der Waals surface area contributed by atoms with Gasteiger partial charge in [0.05, 0.1) is 18.9 Å². The third-order valence-electron chi connectivity index (χ3n) is 5.43. The number of amides is 2. The van der Waals surface area contributed by atoms with E-state index in [1.54, 1.807) is 35.2 Å². The van der Waals surface area contributed by atoms with Crippen LogP contribution in [0.2, 0.25) is 0 Å². The largest absolute Gasteiger partial charge is 0.492 e. The lowest BCUT2D eigenvalue weighted by Gasteiger charge is -2.32. The Labute approximate surface area is 180 Å². The molecule has 0 radical (unpaired) electrons. The van der Waals surface area contributed by atoms with Gasteiger partial charge in [-0.2, -0.15) is 0 Å². The molecular formula is C23H25FN2O5. The van der Waals surface area contributed by atoms with Gasteiger partial charge in [-0.15, -0.1) is 0 Å². The highest BCUT2D eigenvalue weighted by atomic mass is 19.1. The van der Waals surface area contributed by atoms with E-state index in [-0.39, 0.29) is 36.8 Å². The molecule has 164 valence electrons. The smallest absolute Gasteiger partial charge is 0.231 e. The number of likely N-dealkylation sites (tertiary alicyclic amines) is 1. The van der Waals surface area contributed by atoms with E-state index >= 15 is 0 Å². The molecule has 1 saturated heterocycles. The third-order valence-corrected chi connectivity index (χ3v) is 5.43. The number of ether oxygens (including phenoxy) is 3. The van der Waals surface area contributed by atoms with Crippen LogP contribution in [0.1, 0.15) is 18.4 Å². The van der Waals surface area contributed by atoms with Crippen molar-refractivity contribution in [2.24, 2.45) is 5.92 Å². The van der Waals surface area contributed by atoms with Gasteiger partial charge in [0.1, 0.15) is 18.2 Å². The number of halogens is 1. The Hall–Kier alpha value is -3.29. The Morgan fingerprint density at radius 2 is 1.94 bits per heavy atom. The van der Waals surface area contributed by atoms with Crippen LogP contribution in [0.4, 0.5) is 4.39 Å². The van der Waals surface area contributed by atoms with E-state index in [0.29, 0.717) is 43.5 Å². The van der Waals surface area contributed by atoms with Crippen LogP contribution in [0.5, 0.6) is 17.2 Å². The molecule has 7 nitrogen and oxygen atoms in total. The Morgan fingerprint density at radius 1 is 1.13 bits per heavy atom. The summed E-state index contributed by atoms with van der Waals surface area (Å²) in [4.78, 5) is 26.8. The predicted molar refractivity (Wildman–Crippen MR) is 110 cm³/mol. The lowest BCUT2D eigenvalue weighted by atomic mass is 9.96. The van der Waals surface area contributed by atoms with Gasteiger partial charge in [-0.1, -0.05) is 12.1 Å². The maximum atomic E-state index is 13.0. The molecule has 2 aromatic carbocycles. The minimum atomic E-state index is -0.326. The molecule has 2 aliphatic heterocycles. The lowest BCUT2D eigenvalue weighted by Crippen LogP contribution is -2.46. The number of hydrogen-bond donors (Lipinski definition) is 1. The van der Waals surface area contributed by atoms with Gasteiger partial charge in [-0.25, -0.2) is 4.39 Å². The van der Waals surface area contributed by atoms with Crippen LogP contribution in [0.3, 0.4) is 0 Å². The van der Waals surface area contributed by atoms with Crippen molar-refractivity contribution in [3.8, 4) is 17.2 Å². The monoisotopic (exact) mass is 428 g/mol. The predicted octanol–water partition coefficient (Wildman–Crippen LogP) is 2.53. The molecule has 2 amide bonds. The topological polar surface area (TPSA) is 77.1 Å². The maximum Gasteiger partial charge on any atom is 0.231 e. The fourth-order valence-corrected chi connectivity index (χ4v) is 3.76. The normalized spacial score (nSPS) is 17.3. The first-order valence-electron chi connectivity index (χ1n) is 10.4. The fraction of sp³-hybridized carbons (Fsp3) is 0.391. The number of hydrogen-bond acceptors (Lipinski definition) is 5.